The van der Waals surface area contributed by atoms with Gasteiger partial charge in [0.05, 0.1) is 0 Å². The minimum atomic E-state index is -0.671. The first-order chi connectivity index (χ1) is 6.96. The Hall–Kier alpha value is -0.570. The maximum atomic E-state index is 11.3. The van der Waals surface area contributed by atoms with E-state index in [1.54, 1.807) is 0 Å². The predicted octanol–water partition coefficient (Wildman–Crippen LogP) is 2.27. The maximum Gasteiger partial charge on any atom is 0.323 e. The molecule has 0 radical (unpaired) electrons. The van der Waals surface area contributed by atoms with E-state index in [-0.39, 0.29) is 0 Å². The average molecular weight is 213 g/mol. The minimum absolute atomic E-state index is 0.501. The van der Waals surface area contributed by atoms with Crippen LogP contribution in [0.2, 0.25) is 0 Å². The number of carbonyl (C=O) groups is 1. The van der Waals surface area contributed by atoms with E-state index in [0.29, 0.717) is 11.8 Å². The second-order valence-electron chi connectivity index (χ2n) is 5.34. The summed E-state index contributed by atoms with van der Waals surface area (Å²) in [4.78, 5) is 11.3. The van der Waals surface area contributed by atoms with Gasteiger partial charge in [-0.3, -0.25) is 4.79 Å². The van der Waals surface area contributed by atoms with Crippen LogP contribution in [0.25, 0.3) is 0 Å². The largest absolute Gasteiger partial charge is 0.480 e. The molecule has 0 bridgehead atoms. The van der Waals surface area contributed by atoms with E-state index in [9.17, 15) is 9.90 Å². The van der Waals surface area contributed by atoms with Crippen molar-refractivity contribution in [3.05, 3.63) is 0 Å². The van der Waals surface area contributed by atoms with Crippen molar-refractivity contribution in [1.82, 2.24) is 5.32 Å². The second kappa shape index (κ2) is 4.97. The molecule has 0 atom stereocenters. The fourth-order valence-electron chi connectivity index (χ4n) is 2.12. The van der Waals surface area contributed by atoms with Crippen LogP contribution in [-0.2, 0) is 4.79 Å². The molecule has 1 aliphatic carbocycles. The minimum Gasteiger partial charge on any atom is -0.480 e. The van der Waals surface area contributed by atoms with Crippen LogP contribution in [0.15, 0.2) is 0 Å². The van der Waals surface area contributed by atoms with Crippen molar-refractivity contribution in [3.63, 3.8) is 0 Å². The lowest BCUT2D eigenvalue weighted by Gasteiger charge is -2.37. The van der Waals surface area contributed by atoms with Gasteiger partial charge in [-0.05, 0) is 44.1 Å². The van der Waals surface area contributed by atoms with Crippen molar-refractivity contribution in [1.29, 1.82) is 0 Å². The number of nitrogens with one attached hydrogen (secondary N) is 1. The molecular formula is C12H23NO2. The number of aliphatic carboxylic acids is 1. The predicted molar refractivity (Wildman–Crippen MR) is 60.8 cm³/mol. The van der Waals surface area contributed by atoms with Gasteiger partial charge in [0.1, 0.15) is 5.54 Å². The highest BCUT2D eigenvalue weighted by atomic mass is 16.4. The molecule has 1 aliphatic rings. The molecule has 0 heterocycles. The Morgan fingerprint density at radius 1 is 1.47 bits per heavy atom. The zero-order valence-corrected chi connectivity index (χ0v) is 10.0. The van der Waals surface area contributed by atoms with E-state index in [1.165, 1.54) is 0 Å². The van der Waals surface area contributed by atoms with E-state index < -0.39 is 11.5 Å². The summed E-state index contributed by atoms with van der Waals surface area (Å²) < 4.78 is 0. The second-order valence-corrected chi connectivity index (χ2v) is 5.34. The standard InChI is InChI=1S/C12H23NO2/c1-9(2)8-13-12(11(14)15)6-4-10(3)5-7-12/h9-10,13H,4-8H2,1-3H3,(H,14,15). The highest BCUT2D eigenvalue weighted by molar-refractivity contribution is 5.78. The molecule has 0 aromatic rings. The molecule has 1 fully saturated rings. The Balaban J connectivity index is 2.59. The van der Waals surface area contributed by atoms with Crippen molar-refractivity contribution < 1.29 is 9.90 Å². The first-order valence-corrected chi connectivity index (χ1v) is 5.95. The van der Waals surface area contributed by atoms with Crippen LogP contribution >= 0.6 is 0 Å². The van der Waals surface area contributed by atoms with Crippen LogP contribution in [0.1, 0.15) is 46.5 Å². The summed E-state index contributed by atoms with van der Waals surface area (Å²) in [7, 11) is 0. The summed E-state index contributed by atoms with van der Waals surface area (Å²) >= 11 is 0. The van der Waals surface area contributed by atoms with Crippen LogP contribution < -0.4 is 5.32 Å². The molecule has 0 aromatic heterocycles. The number of hydrogen-bond acceptors (Lipinski definition) is 2. The summed E-state index contributed by atoms with van der Waals surface area (Å²) in [6, 6.07) is 0. The number of rotatable bonds is 4. The lowest BCUT2D eigenvalue weighted by atomic mass is 9.77. The van der Waals surface area contributed by atoms with Gasteiger partial charge in [-0.25, -0.2) is 0 Å². The molecule has 0 amide bonds. The van der Waals surface area contributed by atoms with Gasteiger partial charge in [0.15, 0.2) is 0 Å². The average Bonchev–Trinajstić information content (AvgIpc) is 2.17. The third-order valence-corrected chi connectivity index (χ3v) is 3.39. The van der Waals surface area contributed by atoms with Gasteiger partial charge in [0.2, 0.25) is 0 Å². The number of hydrogen-bond donors (Lipinski definition) is 2. The van der Waals surface area contributed by atoms with E-state index in [1.807, 2.05) is 0 Å². The molecule has 0 saturated heterocycles. The molecule has 0 unspecified atom stereocenters. The highest BCUT2D eigenvalue weighted by Crippen LogP contribution is 2.32. The van der Waals surface area contributed by atoms with Crippen LogP contribution in [0, 0.1) is 11.8 Å². The van der Waals surface area contributed by atoms with Crippen LogP contribution in [-0.4, -0.2) is 23.2 Å². The van der Waals surface area contributed by atoms with E-state index >= 15 is 0 Å². The Labute approximate surface area is 92.3 Å². The SMILES string of the molecule is CC(C)CNC1(C(=O)O)CCC(C)CC1. The number of carboxylic acid groups (broad SMARTS) is 1. The summed E-state index contributed by atoms with van der Waals surface area (Å²) in [5, 5.41) is 12.6. The Morgan fingerprint density at radius 3 is 2.40 bits per heavy atom. The molecule has 88 valence electrons. The third-order valence-electron chi connectivity index (χ3n) is 3.39. The summed E-state index contributed by atoms with van der Waals surface area (Å²) in [5.41, 5.74) is -0.642. The van der Waals surface area contributed by atoms with Gasteiger partial charge in [0.25, 0.3) is 0 Å². The van der Waals surface area contributed by atoms with Crippen molar-refractivity contribution in [2.24, 2.45) is 11.8 Å². The lowest BCUT2D eigenvalue weighted by Crippen LogP contribution is -2.55. The first kappa shape index (κ1) is 12.5. The topological polar surface area (TPSA) is 49.3 Å². The quantitative estimate of drug-likeness (QED) is 0.753. The van der Waals surface area contributed by atoms with Gasteiger partial charge < -0.3 is 10.4 Å². The Kier molecular flexibility index (Phi) is 4.14. The molecule has 1 saturated carbocycles. The molecule has 0 spiro atoms. The maximum absolute atomic E-state index is 11.3. The van der Waals surface area contributed by atoms with Gasteiger partial charge in [-0.15, -0.1) is 0 Å². The van der Waals surface area contributed by atoms with Crippen molar-refractivity contribution in [2.75, 3.05) is 6.54 Å². The van der Waals surface area contributed by atoms with Crippen molar-refractivity contribution in [3.8, 4) is 0 Å². The van der Waals surface area contributed by atoms with E-state index in [0.717, 1.165) is 32.2 Å². The fourth-order valence-corrected chi connectivity index (χ4v) is 2.12. The van der Waals surface area contributed by atoms with Crippen LogP contribution in [0.4, 0.5) is 0 Å². The van der Waals surface area contributed by atoms with Crippen molar-refractivity contribution >= 4 is 5.97 Å². The first-order valence-electron chi connectivity index (χ1n) is 5.95. The van der Waals surface area contributed by atoms with Gasteiger partial charge >= 0.3 is 5.97 Å². The lowest BCUT2D eigenvalue weighted by molar-refractivity contribution is -0.146. The molecular weight excluding hydrogens is 190 g/mol. The van der Waals surface area contributed by atoms with Crippen molar-refractivity contribution in [2.45, 2.75) is 52.0 Å². The summed E-state index contributed by atoms with van der Waals surface area (Å²) in [6.45, 7) is 7.21. The molecule has 3 heteroatoms. The Bertz CT molecular complexity index is 218. The fraction of sp³-hybridized carbons (Fsp3) is 0.917. The van der Waals surface area contributed by atoms with Gasteiger partial charge in [0, 0.05) is 0 Å². The van der Waals surface area contributed by atoms with Crippen LogP contribution in [0.3, 0.4) is 0 Å². The zero-order valence-electron chi connectivity index (χ0n) is 10.0. The summed E-state index contributed by atoms with van der Waals surface area (Å²) in [5.74, 6) is 0.508. The smallest absolute Gasteiger partial charge is 0.323 e. The third kappa shape index (κ3) is 3.20. The Morgan fingerprint density at radius 2 is 2.00 bits per heavy atom. The molecule has 1 rings (SSSR count). The molecule has 2 N–H and O–H groups in total. The van der Waals surface area contributed by atoms with Crippen LogP contribution in [0.5, 0.6) is 0 Å². The van der Waals surface area contributed by atoms with E-state index in [4.69, 9.17) is 0 Å². The normalized spacial score (nSPS) is 31.9. The highest BCUT2D eigenvalue weighted by Gasteiger charge is 2.40. The molecule has 0 aromatic carbocycles. The summed E-state index contributed by atoms with van der Waals surface area (Å²) in [6.07, 6.45) is 3.60. The van der Waals surface area contributed by atoms with Gasteiger partial charge in [-0.2, -0.15) is 0 Å². The molecule has 0 aliphatic heterocycles. The molecule has 15 heavy (non-hydrogen) atoms. The molecule has 3 nitrogen and oxygen atoms in total. The zero-order chi connectivity index (χ0) is 11.5. The van der Waals surface area contributed by atoms with E-state index in [2.05, 4.69) is 26.1 Å². The van der Waals surface area contributed by atoms with Gasteiger partial charge in [-0.1, -0.05) is 20.8 Å². The monoisotopic (exact) mass is 213 g/mol. The number of carboxylic acids is 1.